The van der Waals surface area contributed by atoms with Gasteiger partial charge < -0.3 is 10.4 Å². The molecule has 0 aromatic heterocycles. The van der Waals surface area contributed by atoms with E-state index in [0.717, 1.165) is 11.1 Å². The molecule has 0 heterocycles. The number of nitrogens with one attached hydrogen (secondary N) is 1. The van der Waals surface area contributed by atoms with Gasteiger partial charge in [-0.1, -0.05) is 36.9 Å². The van der Waals surface area contributed by atoms with Gasteiger partial charge in [0, 0.05) is 7.05 Å². The topological polar surface area (TPSA) is 47.9 Å². The van der Waals surface area contributed by atoms with E-state index in [1.165, 1.54) is 5.01 Å². The molecule has 0 radical (unpaired) electrons. The zero-order valence-corrected chi connectivity index (χ0v) is 11.2. The maximum Gasteiger partial charge on any atom is 0.189 e. The Hall–Kier alpha value is -1.72. The van der Waals surface area contributed by atoms with Gasteiger partial charge in [-0.05, 0) is 23.3 Å². The zero-order valence-electron chi connectivity index (χ0n) is 10.3. The summed E-state index contributed by atoms with van der Waals surface area (Å²) in [5.41, 5.74) is 2.02. The summed E-state index contributed by atoms with van der Waals surface area (Å²) in [6.45, 7) is 4.06. The van der Waals surface area contributed by atoms with Crippen molar-refractivity contribution in [1.29, 1.82) is 0 Å². The summed E-state index contributed by atoms with van der Waals surface area (Å²) < 4.78 is 0. The van der Waals surface area contributed by atoms with Gasteiger partial charge in [0.1, 0.15) is 0 Å². The van der Waals surface area contributed by atoms with E-state index in [-0.39, 0.29) is 6.61 Å². The molecular weight excluding hydrogens is 246 g/mol. The summed E-state index contributed by atoms with van der Waals surface area (Å²) in [6.07, 6.45) is 3.49. The number of hydrogen-bond acceptors (Lipinski definition) is 3. The van der Waals surface area contributed by atoms with Crippen LogP contribution in [0.4, 0.5) is 0 Å². The fourth-order valence-electron chi connectivity index (χ4n) is 1.29. The highest BCUT2D eigenvalue weighted by atomic mass is 32.1. The van der Waals surface area contributed by atoms with E-state index in [4.69, 9.17) is 17.3 Å². The highest BCUT2D eigenvalue weighted by Crippen LogP contribution is 2.04. The average molecular weight is 263 g/mol. The van der Waals surface area contributed by atoms with Crippen LogP contribution >= 0.6 is 12.2 Å². The third-order valence-electron chi connectivity index (χ3n) is 2.28. The van der Waals surface area contributed by atoms with E-state index in [1.54, 1.807) is 19.3 Å². The van der Waals surface area contributed by atoms with Gasteiger partial charge >= 0.3 is 0 Å². The SMILES string of the molecule is C=Cc1ccc(/C=N/N(CCO)C(=S)NC)cc1. The Labute approximate surface area is 113 Å². The minimum absolute atomic E-state index is 0.00539. The van der Waals surface area contributed by atoms with Gasteiger partial charge in [0.15, 0.2) is 5.11 Å². The zero-order chi connectivity index (χ0) is 13.4. The number of thiocarbonyl (C=S) groups is 1. The molecule has 0 spiro atoms. The van der Waals surface area contributed by atoms with Gasteiger partial charge in [0.25, 0.3) is 0 Å². The molecule has 2 N–H and O–H groups in total. The smallest absolute Gasteiger partial charge is 0.189 e. The Morgan fingerprint density at radius 2 is 2.06 bits per heavy atom. The number of aliphatic hydroxyl groups is 1. The lowest BCUT2D eigenvalue weighted by atomic mass is 10.1. The second-order valence-corrected chi connectivity index (χ2v) is 3.90. The van der Waals surface area contributed by atoms with Crippen LogP contribution < -0.4 is 5.32 Å². The lowest BCUT2D eigenvalue weighted by Gasteiger charge is -2.17. The monoisotopic (exact) mass is 263 g/mol. The molecule has 0 unspecified atom stereocenters. The molecule has 1 rings (SSSR count). The first kappa shape index (κ1) is 14.3. The van der Waals surface area contributed by atoms with Gasteiger partial charge in [0.05, 0.1) is 19.4 Å². The van der Waals surface area contributed by atoms with E-state index in [2.05, 4.69) is 17.0 Å². The predicted octanol–water partition coefficient (Wildman–Crippen LogP) is 1.46. The van der Waals surface area contributed by atoms with Crippen LogP contribution in [0.1, 0.15) is 11.1 Å². The van der Waals surface area contributed by atoms with Crippen molar-refractivity contribution in [2.45, 2.75) is 0 Å². The number of hydrogen-bond donors (Lipinski definition) is 2. The minimum atomic E-state index is -0.00539. The van der Waals surface area contributed by atoms with Gasteiger partial charge in [-0.3, -0.25) is 0 Å². The summed E-state index contributed by atoms with van der Waals surface area (Å²) in [4.78, 5) is 0. The summed E-state index contributed by atoms with van der Waals surface area (Å²) in [6, 6.07) is 7.81. The van der Waals surface area contributed by atoms with Crippen LogP contribution in [-0.2, 0) is 0 Å². The van der Waals surface area contributed by atoms with Crippen molar-refractivity contribution in [2.24, 2.45) is 5.10 Å². The van der Waals surface area contributed by atoms with Crippen molar-refractivity contribution >= 4 is 29.6 Å². The second-order valence-electron chi connectivity index (χ2n) is 3.52. The van der Waals surface area contributed by atoms with E-state index in [9.17, 15) is 0 Å². The van der Waals surface area contributed by atoms with Gasteiger partial charge in [-0.2, -0.15) is 5.10 Å². The average Bonchev–Trinajstić information content (AvgIpc) is 2.43. The fraction of sp³-hybridized carbons (Fsp3) is 0.231. The summed E-state index contributed by atoms with van der Waals surface area (Å²) in [5, 5.41) is 18.0. The molecule has 0 amide bonds. The van der Waals surface area contributed by atoms with Crippen molar-refractivity contribution in [1.82, 2.24) is 10.3 Å². The van der Waals surface area contributed by atoms with Crippen molar-refractivity contribution in [3.63, 3.8) is 0 Å². The summed E-state index contributed by atoms with van der Waals surface area (Å²) in [7, 11) is 1.72. The first-order chi connectivity index (χ1) is 8.71. The van der Waals surface area contributed by atoms with Gasteiger partial charge in [-0.25, -0.2) is 5.01 Å². The first-order valence-electron chi connectivity index (χ1n) is 5.58. The molecule has 4 nitrogen and oxygen atoms in total. The van der Waals surface area contributed by atoms with Gasteiger partial charge in [-0.15, -0.1) is 0 Å². The van der Waals surface area contributed by atoms with E-state index in [1.807, 2.05) is 24.3 Å². The van der Waals surface area contributed by atoms with Crippen molar-refractivity contribution in [3.05, 3.63) is 42.0 Å². The molecule has 18 heavy (non-hydrogen) atoms. The Bertz CT molecular complexity index is 428. The van der Waals surface area contributed by atoms with Gasteiger partial charge in [0.2, 0.25) is 0 Å². The van der Waals surface area contributed by atoms with Crippen molar-refractivity contribution in [3.8, 4) is 0 Å². The second kappa shape index (κ2) is 7.58. The van der Waals surface area contributed by atoms with E-state index >= 15 is 0 Å². The number of benzene rings is 1. The van der Waals surface area contributed by atoms with Crippen LogP contribution in [0, 0.1) is 0 Å². The molecule has 5 heteroatoms. The molecule has 0 saturated carbocycles. The van der Waals surface area contributed by atoms with E-state index in [0.29, 0.717) is 11.7 Å². The molecule has 0 aliphatic carbocycles. The molecular formula is C13H17N3OS. The third kappa shape index (κ3) is 4.27. The molecule has 96 valence electrons. The molecule has 0 saturated heterocycles. The molecule has 0 aliphatic rings. The van der Waals surface area contributed by atoms with Crippen LogP contribution in [0.5, 0.6) is 0 Å². The Morgan fingerprint density at radius 3 is 2.56 bits per heavy atom. The molecule has 0 atom stereocenters. The largest absolute Gasteiger partial charge is 0.394 e. The molecule has 0 fully saturated rings. The van der Waals surface area contributed by atoms with Crippen LogP contribution in [0.25, 0.3) is 6.08 Å². The first-order valence-corrected chi connectivity index (χ1v) is 5.98. The molecule has 0 bridgehead atoms. The number of nitrogens with zero attached hydrogens (tertiary/aromatic N) is 2. The lowest BCUT2D eigenvalue weighted by Crippen LogP contribution is -2.35. The van der Waals surface area contributed by atoms with Crippen molar-refractivity contribution in [2.75, 3.05) is 20.2 Å². The van der Waals surface area contributed by atoms with Crippen LogP contribution in [0.3, 0.4) is 0 Å². The normalized spacial score (nSPS) is 10.3. The van der Waals surface area contributed by atoms with Crippen LogP contribution in [0.15, 0.2) is 35.9 Å². The molecule has 1 aromatic carbocycles. The molecule has 0 aliphatic heterocycles. The molecule has 1 aromatic rings. The quantitative estimate of drug-likeness (QED) is 0.480. The summed E-state index contributed by atoms with van der Waals surface area (Å²) in [5.74, 6) is 0. The predicted molar refractivity (Wildman–Crippen MR) is 79.6 cm³/mol. The Kier molecular flexibility index (Phi) is 6.04. The summed E-state index contributed by atoms with van der Waals surface area (Å²) >= 11 is 5.07. The number of hydrazone groups is 1. The maximum absolute atomic E-state index is 8.93. The van der Waals surface area contributed by atoms with E-state index < -0.39 is 0 Å². The van der Waals surface area contributed by atoms with Crippen molar-refractivity contribution < 1.29 is 5.11 Å². The number of aliphatic hydroxyl groups excluding tert-OH is 1. The highest BCUT2D eigenvalue weighted by molar-refractivity contribution is 7.80. The standard InChI is InChI=1S/C13H17N3OS/c1-3-11-4-6-12(7-5-11)10-15-16(8-9-17)13(18)14-2/h3-7,10,17H,1,8-9H2,2H3,(H,14,18)/b15-10+. The maximum atomic E-state index is 8.93. The van der Waals surface area contributed by atoms with Crippen LogP contribution in [0.2, 0.25) is 0 Å². The highest BCUT2D eigenvalue weighted by Gasteiger charge is 2.04. The Morgan fingerprint density at radius 1 is 1.44 bits per heavy atom. The van der Waals surface area contributed by atoms with Crippen LogP contribution in [-0.4, -0.2) is 41.6 Å². The lowest BCUT2D eigenvalue weighted by molar-refractivity contribution is 0.253. The Balaban J connectivity index is 2.74. The number of rotatable bonds is 5. The fourth-order valence-corrected chi connectivity index (χ4v) is 1.43. The minimum Gasteiger partial charge on any atom is -0.394 e. The third-order valence-corrected chi connectivity index (χ3v) is 2.69.